The summed E-state index contributed by atoms with van der Waals surface area (Å²) in [6.07, 6.45) is -5.12. The molecule has 2 aliphatic carbocycles. The molecular weight excluding hydrogens is 353 g/mol. The molecule has 1 saturated heterocycles. The van der Waals surface area contributed by atoms with Crippen molar-refractivity contribution >= 4 is 17.8 Å². The van der Waals surface area contributed by atoms with Crippen molar-refractivity contribution in [3.8, 4) is 0 Å². The monoisotopic (exact) mass is 376 g/mol. The molecule has 5 atom stereocenters. The average molecular weight is 376 g/mol. The van der Waals surface area contributed by atoms with Gasteiger partial charge in [0.25, 0.3) is 0 Å². The first kappa shape index (κ1) is 19.0. The zero-order chi connectivity index (χ0) is 20.0. The van der Waals surface area contributed by atoms with Gasteiger partial charge < -0.3 is 15.3 Å². The molecule has 6 nitrogen and oxygen atoms in total. The Kier molecular flexibility index (Phi) is 3.59. The Bertz CT molecular complexity index is 697. The smallest absolute Gasteiger partial charge is 0.471 e. The number of hydrogen-bond donors (Lipinski definition) is 2. The number of nitrogens with zero attached hydrogens (tertiary/aromatic N) is 1. The molecule has 3 rings (SSSR count). The van der Waals surface area contributed by atoms with Gasteiger partial charge in [0.15, 0.2) is 0 Å². The lowest BCUT2D eigenvalue weighted by atomic mass is 9.62. The van der Waals surface area contributed by atoms with Crippen LogP contribution in [0.3, 0.4) is 0 Å². The molecule has 1 aliphatic heterocycles. The van der Waals surface area contributed by atoms with Crippen molar-refractivity contribution in [1.82, 2.24) is 10.2 Å². The quantitative estimate of drug-likeness (QED) is 0.784. The number of carbonyl (C=O) groups excluding carboxylic acids is 2. The van der Waals surface area contributed by atoms with Crippen LogP contribution < -0.4 is 5.32 Å². The Hall–Kier alpha value is -1.80. The van der Waals surface area contributed by atoms with Crippen LogP contribution in [-0.2, 0) is 14.4 Å². The topological polar surface area (TPSA) is 86.7 Å². The van der Waals surface area contributed by atoms with E-state index in [1.165, 1.54) is 25.7 Å². The molecule has 2 saturated carbocycles. The molecule has 26 heavy (non-hydrogen) atoms. The van der Waals surface area contributed by atoms with E-state index < -0.39 is 41.0 Å². The Morgan fingerprint density at radius 2 is 1.73 bits per heavy atom. The molecule has 9 heteroatoms. The van der Waals surface area contributed by atoms with E-state index in [2.05, 4.69) is 0 Å². The van der Waals surface area contributed by atoms with E-state index in [9.17, 15) is 32.7 Å². The highest BCUT2D eigenvalue weighted by Gasteiger charge is 2.92. The minimum absolute atomic E-state index is 0.00601. The van der Waals surface area contributed by atoms with Crippen LogP contribution in [0.1, 0.15) is 34.6 Å². The van der Waals surface area contributed by atoms with Crippen LogP contribution in [0.2, 0.25) is 0 Å². The summed E-state index contributed by atoms with van der Waals surface area (Å²) < 4.78 is 38.0. The van der Waals surface area contributed by atoms with Crippen LogP contribution in [0.4, 0.5) is 13.2 Å². The highest BCUT2D eigenvalue weighted by atomic mass is 19.4. The summed E-state index contributed by atoms with van der Waals surface area (Å²) in [6.45, 7) is 8.70. The van der Waals surface area contributed by atoms with E-state index in [1.54, 1.807) is 5.32 Å². The molecule has 1 unspecified atom stereocenters. The second-order valence-corrected chi connectivity index (χ2v) is 9.28. The Morgan fingerprint density at radius 3 is 2.12 bits per heavy atom. The van der Waals surface area contributed by atoms with Gasteiger partial charge in [-0.1, -0.05) is 34.6 Å². The van der Waals surface area contributed by atoms with Gasteiger partial charge in [-0.15, -0.1) is 0 Å². The number of likely N-dealkylation sites (tertiary alicyclic amines) is 1. The van der Waals surface area contributed by atoms with Gasteiger partial charge in [0.2, 0.25) is 5.91 Å². The number of aliphatic carboxylic acids is 1. The van der Waals surface area contributed by atoms with E-state index in [-0.39, 0.29) is 29.7 Å². The van der Waals surface area contributed by atoms with E-state index in [0.29, 0.717) is 0 Å². The number of carboxylic acids is 1. The zero-order valence-electron chi connectivity index (χ0n) is 15.3. The third-order valence-corrected chi connectivity index (χ3v) is 6.50. The molecule has 3 fully saturated rings. The van der Waals surface area contributed by atoms with Gasteiger partial charge in [-0.25, -0.2) is 4.79 Å². The van der Waals surface area contributed by atoms with Crippen LogP contribution in [0, 0.1) is 28.6 Å². The van der Waals surface area contributed by atoms with Crippen LogP contribution in [0.5, 0.6) is 0 Å². The summed E-state index contributed by atoms with van der Waals surface area (Å²) in [7, 11) is 0. The summed E-state index contributed by atoms with van der Waals surface area (Å²) in [6, 6.07) is -1.46. The van der Waals surface area contributed by atoms with Crippen molar-refractivity contribution in [2.45, 2.75) is 52.4 Å². The number of alkyl halides is 3. The summed E-state index contributed by atoms with van der Waals surface area (Å²) in [5.74, 6) is -4.43. The van der Waals surface area contributed by atoms with Crippen molar-refractivity contribution < 1.29 is 32.7 Å². The first-order valence-electron chi connectivity index (χ1n) is 8.51. The average Bonchev–Trinajstić information content (AvgIpc) is 3.00. The number of carboxylic acid groups (broad SMARTS) is 1. The first-order chi connectivity index (χ1) is 11.6. The second kappa shape index (κ2) is 4.92. The Labute approximate surface area is 149 Å². The highest BCUT2D eigenvalue weighted by molar-refractivity contribution is 5.97. The van der Waals surface area contributed by atoms with Crippen molar-refractivity contribution in [3.63, 3.8) is 0 Å². The maximum atomic E-state index is 13.1. The number of amides is 2. The molecular formula is C17H23F3N2O4. The fraction of sp³-hybridized carbons (Fsp3) is 0.824. The van der Waals surface area contributed by atoms with Crippen molar-refractivity contribution in [1.29, 1.82) is 0 Å². The number of rotatable bonds is 3. The maximum absolute atomic E-state index is 13.1. The standard InChI is InChI=1S/C17H23F3N2O4/c1-14(2,3)10(21-12(24)17(18,19)20)11(23)22-6-7-8-9(15(7,4)5)16(8,22)13(25)26/h7-10H,6H2,1-5H3,(H,21,24)(H,25,26)/t7-,8+,9?,10+,16-/m0/s1. The molecule has 0 radical (unpaired) electrons. The minimum atomic E-state index is -5.12. The highest BCUT2D eigenvalue weighted by Crippen LogP contribution is 2.82. The summed E-state index contributed by atoms with van der Waals surface area (Å²) in [5, 5.41) is 11.6. The van der Waals surface area contributed by atoms with E-state index in [4.69, 9.17) is 0 Å². The third kappa shape index (κ3) is 2.15. The lowest BCUT2D eigenvalue weighted by Gasteiger charge is -2.48. The van der Waals surface area contributed by atoms with Crippen molar-refractivity contribution in [2.75, 3.05) is 6.54 Å². The first-order valence-corrected chi connectivity index (χ1v) is 8.51. The molecule has 0 spiro atoms. The lowest BCUT2D eigenvalue weighted by molar-refractivity contribution is -0.177. The summed E-state index contributed by atoms with van der Waals surface area (Å²) in [4.78, 5) is 37.7. The summed E-state index contributed by atoms with van der Waals surface area (Å²) >= 11 is 0. The van der Waals surface area contributed by atoms with Crippen LogP contribution in [0.15, 0.2) is 0 Å². The van der Waals surface area contributed by atoms with Crippen molar-refractivity contribution in [2.24, 2.45) is 28.6 Å². The number of nitrogens with one attached hydrogen (secondary N) is 1. The fourth-order valence-corrected chi connectivity index (χ4v) is 5.27. The van der Waals surface area contributed by atoms with E-state index >= 15 is 0 Å². The van der Waals surface area contributed by atoms with Crippen LogP contribution >= 0.6 is 0 Å². The molecule has 2 amide bonds. The molecule has 0 aromatic heterocycles. The Morgan fingerprint density at radius 1 is 1.19 bits per heavy atom. The third-order valence-electron chi connectivity index (χ3n) is 6.50. The largest absolute Gasteiger partial charge is 0.479 e. The van der Waals surface area contributed by atoms with Gasteiger partial charge >= 0.3 is 18.1 Å². The SMILES string of the molecule is CC(C)(C)[C@H](NC(=O)C(F)(F)F)C(=O)N1C[C@H]2[C@@H]3C(C2(C)C)[C@]31C(=O)O. The van der Waals surface area contributed by atoms with E-state index in [1.807, 2.05) is 13.8 Å². The Balaban J connectivity index is 1.90. The molecule has 2 N–H and O–H groups in total. The lowest BCUT2D eigenvalue weighted by Crippen LogP contribution is -2.62. The van der Waals surface area contributed by atoms with Gasteiger partial charge in [-0.05, 0) is 16.7 Å². The molecule has 146 valence electrons. The number of hydrogen-bond acceptors (Lipinski definition) is 3. The number of piperidine rings is 2. The fourth-order valence-electron chi connectivity index (χ4n) is 5.27. The van der Waals surface area contributed by atoms with Gasteiger partial charge in [0.05, 0.1) is 0 Å². The number of carbonyl (C=O) groups is 3. The second-order valence-electron chi connectivity index (χ2n) is 9.28. The van der Waals surface area contributed by atoms with Crippen molar-refractivity contribution in [3.05, 3.63) is 0 Å². The van der Waals surface area contributed by atoms with Gasteiger partial charge in [0.1, 0.15) is 11.6 Å². The number of fused-ring (bicyclic) bond motifs is 1. The molecule has 0 bridgehead atoms. The maximum Gasteiger partial charge on any atom is 0.471 e. The minimum Gasteiger partial charge on any atom is -0.479 e. The molecule has 1 heterocycles. The van der Waals surface area contributed by atoms with Gasteiger partial charge in [0, 0.05) is 18.4 Å². The predicted octanol–water partition coefficient (Wildman–Crippen LogP) is 1.65. The molecule has 0 aromatic carbocycles. The van der Waals surface area contributed by atoms with Crippen LogP contribution in [0.25, 0.3) is 0 Å². The van der Waals surface area contributed by atoms with Gasteiger partial charge in [-0.2, -0.15) is 13.2 Å². The summed E-state index contributed by atoms with van der Waals surface area (Å²) in [5.41, 5.74) is -2.58. The van der Waals surface area contributed by atoms with Gasteiger partial charge in [-0.3, -0.25) is 9.59 Å². The predicted molar refractivity (Wildman–Crippen MR) is 83.8 cm³/mol. The van der Waals surface area contributed by atoms with Crippen LogP contribution in [-0.4, -0.2) is 52.1 Å². The normalized spacial score (nSPS) is 35.2. The molecule has 0 aromatic rings. The number of halogens is 3. The zero-order valence-corrected chi connectivity index (χ0v) is 15.3. The van der Waals surface area contributed by atoms with E-state index in [0.717, 1.165) is 0 Å². The molecule has 3 aliphatic rings.